The maximum Gasteiger partial charge on any atom is 0.340 e. The van der Waals surface area contributed by atoms with E-state index in [0.29, 0.717) is 23.0 Å². The third kappa shape index (κ3) is 4.80. The lowest BCUT2D eigenvalue weighted by atomic mass is 10.1. The standard InChI is InChI=1S/C21H22N2O6S/c1-12(2)20(24)22-15-10-17(27-4)16(26-3)9-14(15)21(25)28-11-13-8-18(29-23-13)19-6-5-7-30-19/h5-10,12H,11H2,1-4H3,(H,22,24). The van der Waals surface area contributed by atoms with E-state index in [9.17, 15) is 9.59 Å². The Hall–Kier alpha value is -3.33. The lowest BCUT2D eigenvalue weighted by Crippen LogP contribution is -2.20. The van der Waals surface area contributed by atoms with E-state index >= 15 is 0 Å². The van der Waals surface area contributed by atoms with Gasteiger partial charge in [-0.2, -0.15) is 0 Å². The highest BCUT2D eigenvalue weighted by molar-refractivity contribution is 7.13. The largest absolute Gasteiger partial charge is 0.493 e. The van der Waals surface area contributed by atoms with Crippen LogP contribution < -0.4 is 14.8 Å². The summed E-state index contributed by atoms with van der Waals surface area (Å²) in [6, 6.07) is 8.54. The Morgan fingerprint density at radius 3 is 2.53 bits per heavy atom. The highest BCUT2D eigenvalue weighted by Crippen LogP contribution is 2.34. The van der Waals surface area contributed by atoms with Crippen LogP contribution in [0.15, 0.2) is 40.2 Å². The van der Waals surface area contributed by atoms with Gasteiger partial charge in [0.05, 0.1) is 30.3 Å². The molecule has 0 aliphatic rings. The first-order valence-corrected chi connectivity index (χ1v) is 10.0. The molecule has 0 fully saturated rings. The molecule has 3 rings (SSSR count). The molecule has 0 bridgehead atoms. The fourth-order valence-electron chi connectivity index (χ4n) is 2.56. The number of thiophene rings is 1. The van der Waals surface area contributed by atoms with Crippen LogP contribution >= 0.6 is 11.3 Å². The Kier molecular flexibility index (Phi) is 6.73. The molecule has 30 heavy (non-hydrogen) atoms. The second kappa shape index (κ2) is 9.45. The Morgan fingerprint density at radius 1 is 1.17 bits per heavy atom. The summed E-state index contributed by atoms with van der Waals surface area (Å²) < 4.78 is 21.2. The number of anilines is 1. The highest BCUT2D eigenvalue weighted by Gasteiger charge is 2.21. The molecule has 0 spiro atoms. The summed E-state index contributed by atoms with van der Waals surface area (Å²) in [5.41, 5.74) is 0.888. The van der Waals surface area contributed by atoms with Crippen molar-refractivity contribution in [1.82, 2.24) is 5.16 Å². The summed E-state index contributed by atoms with van der Waals surface area (Å²) in [6.07, 6.45) is 0. The van der Waals surface area contributed by atoms with Gasteiger partial charge in [0.15, 0.2) is 17.3 Å². The Bertz CT molecular complexity index is 1030. The van der Waals surface area contributed by atoms with Crippen LogP contribution in [0.2, 0.25) is 0 Å². The second-order valence-corrected chi connectivity index (χ2v) is 7.58. The quantitative estimate of drug-likeness (QED) is 0.530. The molecule has 0 aliphatic carbocycles. The van der Waals surface area contributed by atoms with Crippen LogP contribution in [-0.4, -0.2) is 31.3 Å². The number of ether oxygens (including phenoxy) is 3. The van der Waals surface area contributed by atoms with Gasteiger partial charge in [0.1, 0.15) is 12.3 Å². The van der Waals surface area contributed by atoms with Crippen LogP contribution in [0, 0.1) is 5.92 Å². The van der Waals surface area contributed by atoms with Gasteiger partial charge in [-0.1, -0.05) is 25.1 Å². The van der Waals surface area contributed by atoms with Gasteiger partial charge in [0.2, 0.25) is 5.91 Å². The van der Waals surface area contributed by atoms with Crippen molar-refractivity contribution in [2.45, 2.75) is 20.5 Å². The van der Waals surface area contributed by atoms with E-state index in [1.54, 1.807) is 19.9 Å². The average Bonchev–Trinajstić information content (AvgIpc) is 3.43. The number of hydrogen-bond donors (Lipinski definition) is 1. The topological polar surface area (TPSA) is 99.9 Å². The molecule has 2 heterocycles. The first-order valence-electron chi connectivity index (χ1n) is 9.16. The summed E-state index contributed by atoms with van der Waals surface area (Å²) in [4.78, 5) is 25.9. The monoisotopic (exact) mass is 430 g/mol. The Morgan fingerprint density at radius 2 is 1.90 bits per heavy atom. The van der Waals surface area contributed by atoms with Crippen molar-refractivity contribution in [3.05, 3.63) is 47.0 Å². The van der Waals surface area contributed by atoms with E-state index < -0.39 is 5.97 Å². The van der Waals surface area contributed by atoms with Gasteiger partial charge in [0.25, 0.3) is 0 Å². The van der Waals surface area contributed by atoms with Crippen LogP contribution in [0.4, 0.5) is 5.69 Å². The number of rotatable bonds is 8. The zero-order valence-corrected chi connectivity index (χ0v) is 17.9. The van der Waals surface area contributed by atoms with Gasteiger partial charge in [-0.25, -0.2) is 4.79 Å². The number of hydrogen-bond acceptors (Lipinski definition) is 8. The van der Waals surface area contributed by atoms with Crippen LogP contribution in [-0.2, 0) is 16.1 Å². The number of methoxy groups -OCH3 is 2. The smallest absolute Gasteiger partial charge is 0.340 e. The van der Waals surface area contributed by atoms with Crippen LogP contribution in [0.3, 0.4) is 0 Å². The van der Waals surface area contributed by atoms with Crippen LogP contribution in [0.1, 0.15) is 29.9 Å². The molecule has 1 aromatic carbocycles. The predicted molar refractivity (Wildman–Crippen MR) is 112 cm³/mol. The number of carbonyl (C=O) groups excluding carboxylic acids is 2. The summed E-state index contributed by atoms with van der Waals surface area (Å²) in [5.74, 6) is 0.169. The molecule has 0 aliphatic heterocycles. The first kappa shape index (κ1) is 21.4. The molecule has 2 aromatic heterocycles. The summed E-state index contributed by atoms with van der Waals surface area (Å²) in [7, 11) is 2.93. The van der Waals surface area contributed by atoms with Crippen molar-refractivity contribution in [1.29, 1.82) is 0 Å². The molecule has 158 valence electrons. The maximum absolute atomic E-state index is 12.8. The second-order valence-electron chi connectivity index (χ2n) is 6.63. The molecule has 1 amide bonds. The van der Waals surface area contributed by atoms with Gasteiger partial charge in [-0.15, -0.1) is 11.3 Å². The highest BCUT2D eigenvalue weighted by atomic mass is 32.1. The minimum atomic E-state index is -0.643. The minimum absolute atomic E-state index is 0.0837. The van der Waals surface area contributed by atoms with Crippen molar-refractivity contribution >= 4 is 28.9 Å². The molecular formula is C21H22N2O6S. The molecule has 0 unspecified atom stereocenters. The number of carbonyl (C=O) groups is 2. The fourth-order valence-corrected chi connectivity index (χ4v) is 3.23. The summed E-state index contributed by atoms with van der Waals surface area (Å²) in [5, 5.41) is 8.59. The van der Waals surface area contributed by atoms with Gasteiger partial charge in [-0.3, -0.25) is 4.79 Å². The summed E-state index contributed by atoms with van der Waals surface area (Å²) in [6.45, 7) is 3.42. The van der Waals surface area contributed by atoms with E-state index in [-0.39, 0.29) is 29.7 Å². The zero-order valence-electron chi connectivity index (χ0n) is 17.1. The molecule has 3 aromatic rings. The van der Waals surface area contributed by atoms with Crippen molar-refractivity contribution in [2.24, 2.45) is 5.92 Å². The lowest BCUT2D eigenvalue weighted by molar-refractivity contribution is -0.118. The normalized spacial score (nSPS) is 10.7. The molecule has 0 saturated carbocycles. The van der Waals surface area contributed by atoms with E-state index in [1.165, 1.54) is 37.7 Å². The number of aromatic nitrogens is 1. The molecule has 0 saturated heterocycles. The lowest BCUT2D eigenvalue weighted by Gasteiger charge is -2.16. The molecule has 1 N–H and O–H groups in total. The average molecular weight is 430 g/mol. The van der Waals surface area contributed by atoms with Crippen LogP contribution in [0.25, 0.3) is 10.6 Å². The van der Waals surface area contributed by atoms with E-state index in [0.717, 1.165) is 4.88 Å². The van der Waals surface area contributed by atoms with Crippen molar-refractivity contribution in [2.75, 3.05) is 19.5 Å². The van der Waals surface area contributed by atoms with E-state index in [4.69, 9.17) is 18.7 Å². The molecule has 8 nitrogen and oxygen atoms in total. The van der Waals surface area contributed by atoms with Crippen LogP contribution in [0.5, 0.6) is 11.5 Å². The Labute approximate surface area is 177 Å². The van der Waals surface area contributed by atoms with E-state index in [1.807, 2.05) is 17.5 Å². The number of benzene rings is 1. The van der Waals surface area contributed by atoms with Gasteiger partial charge < -0.3 is 24.1 Å². The third-order valence-corrected chi connectivity index (χ3v) is 5.08. The number of amides is 1. The fraction of sp³-hybridized carbons (Fsp3) is 0.286. The SMILES string of the molecule is COc1cc(NC(=O)C(C)C)c(C(=O)OCc2cc(-c3cccs3)on2)cc1OC. The number of nitrogens with one attached hydrogen (secondary N) is 1. The Balaban J connectivity index is 1.80. The summed E-state index contributed by atoms with van der Waals surface area (Å²) >= 11 is 1.52. The van der Waals surface area contributed by atoms with Gasteiger partial charge in [0, 0.05) is 24.1 Å². The van der Waals surface area contributed by atoms with Gasteiger partial charge in [-0.05, 0) is 11.4 Å². The van der Waals surface area contributed by atoms with Crippen molar-refractivity contribution in [3.63, 3.8) is 0 Å². The molecule has 0 atom stereocenters. The third-order valence-electron chi connectivity index (χ3n) is 4.20. The molecular weight excluding hydrogens is 408 g/mol. The minimum Gasteiger partial charge on any atom is -0.493 e. The maximum atomic E-state index is 12.8. The zero-order chi connectivity index (χ0) is 21.7. The first-order chi connectivity index (χ1) is 14.4. The molecule has 0 radical (unpaired) electrons. The van der Waals surface area contributed by atoms with Crippen molar-refractivity contribution in [3.8, 4) is 22.1 Å². The molecule has 9 heteroatoms. The number of esters is 1. The van der Waals surface area contributed by atoms with Gasteiger partial charge >= 0.3 is 5.97 Å². The number of nitrogens with zero attached hydrogens (tertiary/aromatic N) is 1. The van der Waals surface area contributed by atoms with Crippen molar-refractivity contribution < 1.29 is 28.3 Å². The van der Waals surface area contributed by atoms with E-state index in [2.05, 4.69) is 10.5 Å². The predicted octanol–water partition coefficient (Wildman–Crippen LogP) is 4.37.